The molecule has 0 aliphatic rings. The summed E-state index contributed by atoms with van der Waals surface area (Å²) in [5, 5.41) is 7.59. The van der Waals surface area contributed by atoms with Gasteiger partial charge in [-0.05, 0) is 81.0 Å². The highest BCUT2D eigenvalue weighted by molar-refractivity contribution is 7.98. The van der Waals surface area contributed by atoms with Crippen LogP contribution in [0.1, 0.15) is 11.1 Å². The predicted molar refractivity (Wildman–Crippen MR) is 251 cm³/mol. The van der Waals surface area contributed by atoms with Crippen LogP contribution in [0.4, 0.5) is 0 Å². The van der Waals surface area contributed by atoms with Gasteiger partial charge >= 0.3 is 0 Å². The molecule has 0 unspecified atom stereocenters. The van der Waals surface area contributed by atoms with Gasteiger partial charge in [-0.1, -0.05) is 229 Å². The number of Topliss-reactive ketones (excluding diaryl/α,β-unsaturated/α-hetero) is 2. The van der Waals surface area contributed by atoms with E-state index in [1.165, 1.54) is 0 Å². The highest BCUT2D eigenvalue weighted by Gasteiger charge is 2.41. The van der Waals surface area contributed by atoms with Crippen molar-refractivity contribution in [2.45, 2.75) is 0 Å². The summed E-state index contributed by atoms with van der Waals surface area (Å²) in [6.45, 7) is -6.27. The molecule has 6 heteroatoms. The average Bonchev–Trinajstić information content (AvgIpc) is 3.29. The molecule has 8 rings (SSSR count). The molecule has 58 heavy (non-hydrogen) atoms. The molecular weight excluding hydrogens is 789 g/mol. The Morgan fingerprint density at radius 3 is 0.655 bits per heavy atom. The van der Waals surface area contributed by atoms with Crippen LogP contribution in [-0.2, 0) is 9.59 Å². The van der Waals surface area contributed by atoms with E-state index in [1.807, 2.05) is 133 Å². The zero-order valence-electron chi connectivity index (χ0n) is 31.4. The standard InChI is InChI=1S/C52H38Cl2O2P2/c53-41-35-31-39(32-36-41)51(57(43-19-7-1-8-20-43,44-21-9-2-10-22-44)45-23-11-3-12-24-45)49(55)50(56)52(40-33-37-42(54)38-34-40)58(46-25-13-4-14-26-46,47-27-15-5-16-28-47)48-29-17-6-18-30-48/h1-38H. The molecular formula is C52H38Cl2O2P2. The predicted octanol–water partition coefficient (Wildman–Crippen LogP) is 9.86. The molecule has 0 aliphatic carbocycles. The van der Waals surface area contributed by atoms with E-state index in [4.69, 9.17) is 23.2 Å². The lowest BCUT2D eigenvalue weighted by atomic mass is 10.0. The van der Waals surface area contributed by atoms with E-state index in [2.05, 4.69) is 72.8 Å². The van der Waals surface area contributed by atoms with Crippen LogP contribution in [0.2, 0.25) is 10.0 Å². The van der Waals surface area contributed by atoms with Crippen molar-refractivity contribution in [1.29, 1.82) is 0 Å². The summed E-state index contributed by atoms with van der Waals surface area (Å²) in [7, 11) is 0. The minimum Gasteiger partial charge on any atom is -0.285 e. The van der Waals surface area contributed by atoms with Crippen LogP contribution < -0.4 is 31.8 Å². The molecule has 0 atom stereocenters. The average molecular weight is 828 g/mol. The quantitative estimate of drug-likeness (QED) is 0.0962. The van der Waals surface area contributed by atoms with Gasteiger partial charge in [-0.2, -0.15) is 0 Å². The Hall–Kier alpha value is -5.72. The van der Waals surface area contributed by atoms with Gasteiger partial charge < -0.3 is 0 Å². The molecule has 0 aliphatic heterocycles. The number of hydrogen-bond acceptors (Lipinski definition) is 2. The number of carbonyl (C=O) groups is 2. The molecule has 0 bridgehead atoms. The van der Waals surface area contributed by atoms with Gasteiger partial charge in [0.1, 0.15) is 0 Å². The van der Waals surface area contributed by atoms with Crippen molar-refractivity contribution in [2.24, 2.45) is 0 Å². The van der Waals surface area contributed by atoms with Crippen LogP contribution in [-0.4, -0.2) is 22.2 Å². The first-order valence-electron chi connectivity index (χ1n) is 18.9. The summed E-state index contributed by atoms with van der Waals surface area (Å²) in [6.07, 6.45) is 0. The van der Waals surface area contributed by atoms with E-state index in [0.29, 0.717) is 31.8 Å². The Kier molecular flexibility index (Phi) is 11.7. The zero-order valence-corrected chi connectivity index (χ0v) is 34.7. The van der Waals surface area contributed by atoms with Gasteiger partial charge in [-0.3, -0.25) is 9.59 Å². The van der Waals surface area contributed by atoms with Crippen molar-refractivity contribution < 1.29 is 9.59 Å². The van der Waals surface area contributed by atoms with E-state index in [-0.39, 0.29) is 0 Å². The van der Waals surface area contributed by atoms with Crippen LogP contribution in [0, 0.1) is 0 Å². The van der Waals surface area contributed by atoms with Gasteiger partial charge in [0.05, 0.1) is 0 Å². The Morgan fingerprint density at radius 2 is 0.466 bits per heavy atom. The molecule has 0 amide bonds. The van der Waals surface area contributed by atoms with Crippen LogP contribution in [0.5, 0.6) is 0 Å². The first-order chi connectivity index (χ1) is 28.5. The molecule has 8 aromatic rings. The van der Waals surface area contributed by atoms with Crippen molar-refractivity contribution in [2.75, 3.05) is 0 Å². The van der Waals surface area contributed by atoms with Crippen molar-refractivity contribution in [3.05, 3.63) is 252 Å². The Bertz CT molecular complexity index is 2390. The number of ketones is 2. The molecule has 0 aromatic heterocycles. The minimum atomic E-state index is -3.14. The van der Waals surface area contributed by atoms with Crippen molar-refractivity contribution in [3.63, 3.8) is 0 Å². The number of rotatable bonds is 11. The zero-order chi connectivity index (χ0) is 40.0. The summed E-state index contributed by atoms with van der Waals surface area (Å²) in [5.41, 5.74) is 1.26. The number of benzene rings is 8. The number of carbonyl (C=O) groups excluding carboxylic acids is 2. The van der Waals surface area contributed by atoms with Gasteiger partial charge in [-0.15, -0.1) is 0 Å². The normalized spacial score (nSPS) is 11.4. The second kappa shape index (κ2) is 17.4. The molecule has 282 valence electrons. The number of halogens is 2. The molecule has 0 radical (unpaired) electrons. The first-order valence-corrected chi connectivity index (χ1v) is 23.3. The molecule has 8 aromatic carbocycles. The van der Waals surface area contributed by atoms with E-state index in [1.54, 1.807) is 24.3 Å². The molecule has 0 heterocycles. The molecule has 0 spiro atoms. The van der Waals surface area contributed by atoms with Crippen LogP contribution in [0.25, 0.3) is 0 Å². The lowest BCUT2D eigenvalue weighted by molar-refractivity contribution is -0.128. The SMILES string of the molecule is O=C(C(=O)C(c1ccc(Cl)cc1)=P(c1ccccc1)(c1ccccc1)c1ccccc1)C(c1ccc(Cl)cc1)=P(c1ccccc1)(c1ccccc1)c1ccccc1. The van der Waals surface area contributed by atoms with E-state index >= 15 is 9.59 Å². The number of hydrogen-bond donors (Lipinski definition) is 0. The Balaban J connectivity index is 1.62. The summed E-state index contributed by atoms with van der Waals surface area (Å²) in [6, 6.07) is 75.6. The smallest absolute Gasteiger partial charge is 0.235 e. The van der Waals surface area contributed by atoms with Gasteiger partial charge in [-0.25, -0.2) is 0 Å². The van der Waals surface area contributed by atoms with Crippen molar-refractivity contribution in [1.82, 2.24) is 0 Å². The first kappa shape index (κ1) is 39.1. The Labute approximate surface area is 350 Å². The summed E-state index contributed by atoms with van der Waals surface area (Å²) >= 11 is 13.1. The summed E-state index contributed by atoms with van der Waals surface area (Å²) in [5.74, 6) is -1.16. The lowest BCUT2D eigenvalue weighted by Gasteiger charge is -2.34. The highest BCUT2D eigenvalue weighted by Crippen LogP contribution is 2.50. The molecule has 0 N–H and O–H groups in total. The van der Waals surface area contributed by atoms with E-state index in [9.17, 15) is 0 Å². The van der Waals surface area contributed by atoms with Crippen LogP contribution in [0.3, 0.4) is 0 Å². The van der Waals surface area contributed by atoms with E-state index in [0.717, 1.165) is 31.8 Å². The topological polar surface area (TPSA) is 34.1 Å². The highest BCUT2D eigenvalue weighted by atomic mass is 35.5. The van der Waals surface area contributed by atoms with Crippen LogP contribution >= 0.6 is 37.0 Å². The third-order valence-electron chi connectivity index (χ3n) is 10.4. The maximum Gasteiger partial charge on any atom is 0.235 e. The lowest BCUT2D eigenvalue weighted by Crippen LogP contribution is -2.41. The van der Waals surface area contributed by atoms with Crippen LogP contribution in [0.15, 0.2) is 231 Å². The molecule has 0 saturated heterocycles. The maximum atomic E-state index is 16.5. The second-order valence-corrected chi connectivity index (χ2v) is 21.3. The minimum absolute atomic E-state index is 0.427. The van der Waals surface area contributed by atoms with Gasteiger partial charge in [0.15, 0.2) is 0 Å². The third-order valence-corrected chi connectivity index (χ3v) is 19.6. The maximum absolute atomic E-state index is 16.5. The fraction of sp³-hybridized carbons (Fsp3) is 0. The van der Waals surface area contributed by atoms with Crippen molar-refractivity contribution in [3.8, 4) is 0 Å². The van der Waals surface area contributed by atoms with Crippen molar-refractivity contribution >= 4 is 91.0 Å². The largest absolute Gasteiger partial charge is 0.285 e. The molecule has 2 nitrogen and oxygen atoms in total. The monoisotopic (exact) mass is 826 g/mol. The summed E-state index contributed by atoms with van der Waals surface area (Å²) in [4.78, 5) is 33.0. The fourth-order valence-electron chi connectivity index (χ4n) is 7.96. The molecule has 0 saturated carbocycles. The Morgan fingerprint density at radius 1 is 0.276 bits per heavy atom. The summed E-state index contributed by atoms with van der Waals surface area (Å²) < 4.78 is 0. The van der Waals surface area contributed by atoms with Gasteiger partial charge in [0, 0.05) is 20.6 Å². The van der Waals surface area contributed by atoms with Gasteiger partial charge in [0.2, 0.25) is 11.6 Å². The fourth-order valence-corrected chi connectivity index (χ4v) is 17.2. The third kappa shape index (κ3) is 7.19. The van der Waals surface area contributed by atoms with E-state index < -0.39 is 25.3 Å². The van der Waals surface area contributed by atoms with Gasteiger partial charge in [0.25, 0.3) is 0 Å². The second-order valence-electron chi connectivity index (χ2n) is 13.7. The molecule has 0 fully saturated rings.